The second-order valence-corrected chi connectivity index (χ2v) is 9.85. The van der Waals surface area contributed by atoms with E-state index < -0.39 is 24.0 Å². The third-order valence-corrected chi connectivity index (χ3v) is 6.64. The first-order valence-corrected chi connectivity index (χ1v) is 11.1. The van der Waals surface area contributed by atoms with Gasteiger partial charge in [-0.25, -0.2) is 0 Å². The van der Waals surface area contributed by atoms with Crippen LogP contribution in [0.25, 0.3) is 21.9 Å². The Morgan fingerprint density at radius 3 is 2.39 bits per heavy atom. The van der Waals surface area contributed by atoms with E-state index in [1.807, 2.05) is 24.3 Å². The van der Waals surface area contributed by atoms with Crippen molar-refractivity contribution in [1.82, 2.24) is 14.6 Å². The van der Waals surface area contributed by atoms with Gasteiger partial charge in [-0.05, 0) is 17.0 Å². The van der Waals surface area contributed by atoms with Crippen LogP contribution in [-0.2, 0) is 15.0 Å². The molecular weight excluding hydrogens is 440 g/mol. The van der Waals surface area contributed by atoms with Gasteiger partial charge in [-0.15, -0.1) is 5.10 Å². The number of fused-ring (bicyclic) bond motifs is 2. The quantitative estimate of drug-likeness (QED) is 0.504. The molecule has 1 aliphatic heterocycles. The molecule has 2 aromatic heterocycles. The van der Waals surface area contributed by atoms with Crippen LogP contribution < -0.4 is 15.0 Å². The van der Waals surface area contributed by atoms with Gasteiger partial charge < -0.3 is 5.11 Å². The maximum absolute atomic E-state index is 13.2. The van der Waals surface area contributed by atoms with E-state index in [4.69, 9.17) is 0 Å². The van der Waals surface area contributed by atoms with Crippen molar-refractivity contribution in [1.29, 1.82) is 0 Å². The molecular formula is C24H20N4O4S. The number of carboxylic acid groups (broad SMARTS) is 1. The Bertz CT molecular complexity index is 1540. The molecule has 0 spiro atoms. The number of amides is 1. The molecule has 8 nitrogen and oxygen atoms in total. The number of aliphatic carboxylic acids is 1. The van der Waals surface area contributed by atoms with Crippen LogP contribution in [0.15, 0.2) is 53.3 Å². The zero-order chi connectivity index (χ0) is 23.5. The number of hydrogen-bond donors (Lipinski definition) is 1. The molecule has 0 fully saturated rings. The summed E-state index contributed by atoms with van der Waals surface area (Å²) >= 11 is 1.08. The average molecular weight is 461 g/mol. The van der Waals surface area contributed by atoms with Gasteiger partial charge in [0.05, 0.1) is 11.3 Å². The second-order valence-electron chi connectivity index (χ2n) is 8.87. The van der Waals surface area contributed by atoms with Gasteiger partial charge in [0.15, 0.2) is 5.82 Å². The van der Waals surface area contributed by atoms with Crippen molar-refractivity contribution in [2.75, 3.05) is 11.4 Å². The van der Waals surface area contributed by atoms with Crippen LogP contribution in [-0.4, -0.2) is 38.1 Å². The Morgan fingerprint density at radius 1 is 1.06 bits per heavy atom. The highest BCUT2D eigenvalue weighted by Gasteiger charge is 2.35. The molecule has 33 heavy (non-hydrogen) atoms. The first kappa shape index (κ1) is 21.0. The molecule has 9 heteroatoms. The third-order valence-electron chi connectivity index (χ3n) is 5.61. The molecule has 0 unspecified atom stereocenters. The predicted molar refractivity (Wildman–Crippen MR) is 125 cm³/mol. The minimum atomic E-state index is -1.13. The molecule has 1 aliphatic rings. The van der Waals surface area contributed by atoms with Gasteiger partial charge in [0.1, 0.15) is 11.1 Å². The predicted octanol–water partition coefficient (Wildman–Crippen LogP) is 2.46. The number of para-hydroxylation sites is 1. The summed E-state index contributed by atoms with van der Waals surface area (Å²) < 4.78 is 1.40. The lowest BCUT2D eigenvalue weighted by molar-refractivity contribution is -0.136. The number of hydrogen-bond acceptors (Lipinski definition) is 6. The fraction of sp³-hybridized carbons (Fsp3) is 0.208. The van der Waals surface area contributed by atoms with E-state index in [0.29, 0.717) is 22.0 Å². The SMILES string of the molecule is CC(C)(C)c1ccc(-c2nc3s/c(=C4/C(=O)N(CC(=O)O)c5ccccc54)c(=O)n3n2)cc1. The first-order valence-electron chi connectivity index (χ1n) is 10.3. The van der Waals surface area contributed by atoms with Gasteiger partial charge in [-0.2, -0.15) is 9.50 Å². The Hall–Kier alpha value is -3.85. The summed E-state index contributed by atoms with van der Waals surface area (Å²) in [6.45, 7) is 5.92. The molecule has 1 amide bonds. The van der Waals surface area contributed by atoms with Crippen molar-refractivity contribution in [3.63, 3.8) is 0 Å². The van der Waals surface area contributed by atoms with Crippen molar-refractivity contribution >= 4 is 39.4 Å². The van der Waals surface area contributed by atoms with Crippen molar-refractivity contribution in [2.24, 2.45) is 0 Å². The smallest absolute Gasteiger partial charge is 0.323 e. The summed E-state index contributed by atoms with van der Waals surface area (Å²) in [6, 6.07) is 14.8. The van der Waals surface area contributed by atoms with Gasteiger partial charge in [-0.1, -0.05) is 74.6 Å². The number of carboxylic acids is 1. The standard InChI is InChI=1S/C24H20N4O4S/c1-24(2,3)14-10-8-13(9-11-14)20-25-23-28(26-20)22(32)19(33-23)18-15-6-4-5-7-16(15)27(21(18)31)12-17(29)30/h4-11H,12H2,1-3H3,(H,29,30)/b19-18+. The maximum Gasteiger partial charge on any atom is 0.323 e. The molecule has 0 radical (unpaired) electrons. The van der Waals surface area contributed by atoms with Crippen molar-refractivity contribution in [3.8, 4) is 11.4 Å². The monoisotopic (exact) mass is 460 g/mol. The summed E-state index contributed by atoms with van der Waals surface area (Å²) in [6.07, 6.45) is 0. The topological polar surface area (TPSA) is 105 Å². The summed E-state index contributed by atoms with van der Waals surface area (Å²) in [4.78, 5) is 43.6. The lowest BCUT2D eigenvalue weighted by Crippen LogP contribution is -2.35. The number of aromatic nitrogens is 3. The van der Waals surface area contributed by atoms with E-state index in [1.165, 1.54) is 15.0 Å². The van der Waals surface area contributed by atoms with Crippen LogP contribution in [0.2, 0.25) is 0 Å². The largest absolute Gasteiger partial charge is 0.480 e. The molecule has 0 bridgehead atoms. The average Bonchev–Trinajstić information content (AvgIpc) is 3.39. The van der Waals surface area contributed by atoms with Crippen LogP contribution in [0, 0.1) is 0 Å². The van der Waals surface area contributed by atoms with E-state index in [9.17, 15) is 19.5 Å². The fourth-order valence-corrected chi connectivity index (χ4v) is 4.92. The van der Waals surface area contributed by atoms with Crippen molar-refractivity contribution in [2.45, 2.75) is 26.2 Å². The number of rotatable bonds is 3. The summed E-state index contributed by atoms with van der Waals surface area (Å²) in [5, 5.41) is 13.6. The van der Waals surface area contributed by atoms with E-state index in [1.54, 1.807) is 24.3 Å². The molecule has 3 heterocycles. The third kappa shape index (κ3) is 3.41. The zero-order valence-corrected chi connectivity index (χ0v) is 19.0. The summed E-state index contributed by atoms with van der Waals surface area (Å²) in [7, 11) is 0. The van der Waals surface area contributed by atoms with Gasteiger partial charge in [0, 0.05) is 11.1 Å². The lowest BCUT2D eigenvalue weighted by Gasteiger charge is -2.18. The molecule has 0 saturated heterocycles. The van der Waals surface area contributed by atoms with Gasteiger partial charge in [0.2, 0.25) is 4.96 Å². The van der Waals surface area contributed by atoms with Gasteiger partial charge in [0.25, 0.3) is 11.5 Å². The number of carbonyl (C=O) groups is 2. The second kappa shape index (κ2) is 7.35. The van der Waals surface area contributed by atoms with Crippen molar-refractivity contribution in [3.05, 3.63) is 74.5 Å². The number of benzene rings is 2. The number of carbonyl (C=O) groups excluding carboxylic acids is 1. The van der Waals surface area contributed by atoms with Crippen LogP contribution >= 0.6 is 11.3 Å². The minimum Gasteiger partial charge on any atom is -0.480 e. The van der Waals surface area contributed by atoms with Crippen molar-refractivity contribution < 1.29 is 14.7 Å². The minimum absolute atomic E-state index is 0.0213. The Balaban J connectivity index is 1.63. The van der Waals surface area contributed by atoms with Gasteiger partial charge in [-0.3, -0.25) is 19.3 Å². The molecule has 0 atom stereocenters. The highest BCUT2D eigenvalue weighted by Crippen LogP contribution is 2.35. The lowest BCUT2D eigenvalue weighted by atomic mass is 9.87. The maximum atomic E-state index is 13.2. The van der Waals surface area contributed by atoms with Crippen LogP contribution in [0.1, 0.15) is 31.9 Å². The molecule has 0 aliphatic carbocycles. The highest BCUT2D eigenvalue weighted by molar-refractivity contribution is 7.15. The van der Waals surface area contributed by atoms with Crippen LogP contribution in [0.4, 0.5) is 5.69 Å². The van der Waals surface area contributed by atoms with E-state index in [2.05, 4.69) is 30.9 Å². The molecule has 5 rings (SSSR count). The molecule has 4 aromatic rings. The highest BCUT2D eigenvalue weighted by atomic mass is 32.1. The number of thiazole rings is 1. The molecule has 1 N–H and O–H groups in total. The Labute approximate surface area is 192 Å². The first-order chi connectivity index (χ1) is 15.6. The normalized spacial score (nSPS) is 15.4. The van der Waals surface area contributed by atoms with E-state index in [-0.39, 0.29) is 15.5 Å². The van der Waals surface area contributed by atoms with E-state index in [0.717, 1.165) is 16.9 Å². The Morgan fingerprint density at radius 2 is 1.76 bits per heavy atom. The zero-order valence-electron chi connectivity index (χ0n) is 18.2. The number of anilines is 1. The summed E-state index contributed by atoms with van der Waals surface area (Å²) in [5.74, 6) is -1.22. The van der Waals surface area contributed by atoms with Crippen LogP contribution in [0.5, 0.6) is 0 Å². The summed E-state index contributed by atoms with van der Waals surface area (Å²) in [5.41, 5.74) is 2.73. The van der Waals surface area contributed by atoms with Crippen LogP contribution in [0.3, 0.4) is 0 Å². The molecule has 166 valence electrons. The Kier molecular flexibility index (Phi) is 4.68. The number of nitrogens with zero attached hydrogens (tertiary/aromatic N) is 4. The fourth-order valence-electron chi connectivity index (χ4n) is 3.92. The molecule has 2 aromatic carbocycles. The molecule has 0 saturated carbocycles. The van der Waals surface area contributed by atoms with Gasteiger partial charge >= 0.3 is 5.97 Å². The van der Waals surface area contributed by atoms with E-state index >= 15 is 0 Å².